The Bertz CT molecular complexity index is 409. The SMILES string of the molecule is CCCCCCCCCCCCOc1ccc(S(=O)[O-])cc1.[Na+]. The second kappa shape index (κ2) is 15.6. The van der Waals surface area contributed by atoms with E-state index in [1.165, 1.54) is 57.8 Å². The van der Waals surface area contributed by atoms with E-state index in [1.807, 2.05) is 0 Å². The molecule has 0 spiro atoms. The third kappa shape index (κ3) is 12.2. The molecule has 0 amide bonds. The first-order chi connectivity index (χ1) is 10.7. The minimum atomic E-state index is -2.16. The van der Waals surface area contributed by atoms with Gasteiger partial charge in [0.05, 0.1) is 6.61 Å². The Balaban J connectivity index is 0.00000484. The Morgan fingerprint density at radius 3 is 1.83 bits per heavy atom. The van der Waals surface area contributed by atoms with E-state index in [-0.39, 0.29) is 29.6 Å². The largest absolute Gasteiger partial charge is 1.00 e. The molecule has 0 aliphatic rings. The van der Waals surface area contributed by atoms with Crippen molar-refractivity contribution in [3.8, 4) is 5.75 Å². The Morgan fingerprint density at radius 1 is 0.870 bits per heavy atom. The van der Waals surface area contributed by atoms with Gasteiger partial charge in [0.15, 0.2) is 0 Å². The molecule has 1 unspecified atom stereocenters. The fourth-order valence-corrected chi connectivity index (χ4v) is 2.78. The molecule has 3 nitrogen and oxygen atoms in total. The zero-order valence-electron chi connectivity index (χ0n) is 14.7. The molecule has 0 aromatic heterocycles. The van der Waals surface area contributed by atoms with E-state index in [9.17, 15) is 8.76 Å². The summed E-state index contributed by atoms with van der Waals surface area (Å²) in [6.45, 7) is 2.96. The topological polar surface area (TPSA) is 49.4 Å². The van der Waals surface area contributed by atoms with Crippen LogP contribution in [-0.4, -0.2) is 15.4 Å². The standard InChI is InChI=1S/C18H30O3S.Na/c1-2-3-4-5-6-7-8-9-10-11-16-21-17-12-14-18(15-13-17)22(19)20;/h12-15H,2-11,16H2,1H3,(H,19,20);/q;+1/p-1. The van der Waals surface area contributed by atoms with E-state index in [2.05, 4.69) is 6.92 Å². The monoisotopic (exact) mass is 348 g/mol. The molecule has 126 valence electrons. The number of ether oxygens (including phenoxy) is 1. The Labute approximate surface area is 166 Å². The fraction of sp³-hybridized carbons (Fsp3) is 0.667. The number of rotatable bonds is 13. The fourth-order valence-electron chi connectivity index (χ4n) is 2.43. The molecule has 1 atom stereocenters. The quantitative estimate of drug-likeness (QED) is 0.312. The van der Waals surface area contributed by atoms with Gasteiger partial charge < -0.3 is 9.29 Å². The Morgan fingerprint density at radius 2 is 1.35 bits per heavy atom. The molecule has 0 aliphatic carbocycles. The molecule has 1 aromatic carbocycles. The van der Waals surface area contributed by atoms with Crippen LogP contribution in [0.1, 0.15) is 71.1 Å². The number of hydrogen-bond donors (Lipinski definition) is 0. The average molecular weight is 348 g/mol. The van der Waals surface area contributed by atoms with E-state index < -0.39 is 11.1 Å². The second-order valence-corrected chi connectivity index (χ2v) is 6.68. The van der Waals surface area contributed by atoms with Crippen LogP contribution in [0.3, 0.4) is 0 Å². The Kier molecular flexibility index (Phi) is 15.7. The van der Waals surface area contributed by atoms with Crippen LogP contribution >= 0.6 is 0 Å². The van der Waals surface area contributed by atoms with E-state index in [1.54, 1.807) is 24.3 Å². The van der Waals surface area contributed by atoms with Gasteiger partial charge in [0.1, 0.15) is 5.75 Å². The molecule has 5 heteroatoms. The van der Waals surface area contributed by atoms with Crippen molar-refractivity contribution >= 4 is 11.1 Å². The maximum absolute atomic E-state index is 10.7. The molecule has 0 aliphatic heterocycles. The summed E-state index contributed by atoms with van der Waals surface area (Å²) < 4.78 is 27.1. The van der Waals surface area contributed by atoms with Gasteiger partial charge >= 0.3 is 29.6 Å². The zero-order valence-corrected chi connectivity index (χ0v) is 17.5. The van der Waals surface area contributed by atoms with Gasteiger partial charge in [-0.05, 0) is 41.8 Å². The molecule has 0 heterocycles. The van der Waals surface area contributed by atoms with Crippen molar-refractivity contribution in [3.05, 3.63) is 24.3 Å². The van der Waals surface area contributed by atoms with Gasteiger partial charge in [0, 0.05) is 4.90 Å². The van der Waals surface area contributed by atoms with Gasteiger partial charge in [-0.15, -0.1) is 0 Å². The average Bonchev–Trinajstić information content (AvgIpc) is 2.53. The predicted octanol–water partition coefficient (Wildman–Crippen LogP) is 2.23. The van der Waals surface area contributed by atoms with Crippen molar-refractivity contribution < 1.29 is 43.1 Å². The van der Waals surface area contributed by atoms with Gasteiger partial charge in [0.25, 0.3) is 0 Å². The van der Waals surface area contributed by atoms with Crippen molar-refractivity contribution in [3.63, 3.8) is 0 Å². The molecule has 0 bridgehead atoms. The molecule has 0 radical (unpaired) electrons. The first kappa shape index (κ1) is 23.1. The summed E-state index contributed by atoms with van der Waals surface area (Å²) in [6.07, 6.45) is 13.1. The molecule has 0 saturated carbocycles. The van der Waals surface area contributed by atoms with Crippen LogP contribution in [-0.2, 0) is 11.1 Å². The van der Waals surface area contributed by atoms with Crippen molar-refractivity contribution in [2.24, 2.45) is 0 Å². The molecular weight excluding hydrogens is 319 g/mol. The third-order valence-electron chi connectivity index (χ3n) is 3.78. The van der Waals surface area contributed by atoms with Crippen LogP contribution in [0.25, 0.3) is 0 Å². The van der Waals surface area contributed by atoms with Gasteiger partial charge in [-0.3, -0.25) is 4.21 Å². The third-order valence-corrected chi connectivity index (χ3v) is 4.44. The smallest absolute Gasteiger partial charge is 0.768 e. The van der Waals surface area contributed by atoms with Crippen molar-refractivity contribution in [2.45, 2.75) is 76.0 Å². The minimum Gasteiger partial charge on any atom is -0.768 e. The minimum absolute atomic E-state index is 0. The zero-order chi connectivity index (χ0) is 16.0. The molecule has 0 saturated heterocycles. The summed E-state index contributed by atoms with van der Waals surface area (Å²) in [7, 11) is 0. The normalized spacial score (nSPS) is 11.7. The summed E-state index contributed by atoms with van der Waals surface area (Å²) in [5, 5.41) is 0. The molecule has 0 N–H and O–H groups in total. The van der Waals surface area contributed by atoms with Gasteiger partial charge in [-0.25, -0.2) is 0 Å². The van der Waals surface area contributed by atoms with Crippen LogP contribution < -0.4 is 34.3 Å². The Hall–Kier alpha value is 0.130. The van der Waals surface area contributed by atoms with Crippen molar-refractivity contribution in [1.29, 1.82) is 0 Å². The molecular formula is C18H29NaO3S. The first-order valence-electron chi connectivity index (χ1n) is 8.56. The first-order valence-corrected chi connectivity index (χ1v) is 9.63. The van der Waals surface area contributed by atoms with Gasteiger partial charge in [-0.1, -0.05) is 64.7 Å². The summed E-state index contributed by atoms with van der Waals surface area (Å²) >= 11 is -2.16. The van der Waals surface area contributed by atoms with E-state index in [0.717, 1.165) is 12.2 Å². The summed E-state index contributed by atoms with van der Waals surface area (Å²) in [4.78, 5) is 0.297. The van der Waals surface area contributed by atoms with E-state index in [0.29, 0.717) is 11.5 Å². The predicted molar refractivity (Wildman–Crippen MR) is 91.0 cm³/mol. The van der Waals surface area contributed by atoms with Crippen LogP contribution in [0, 0.1) is 0 Å². The van der Waals surface area contributed by atoms with Crippen LogP contribution in [0.15, 0.2) is 29.2 Å². The van der Waals surface area contributed by atoms with Crippen LogP contribution in [0.2, 0.25) is 0 Å². The van der Waals surface area contributed by atoms with E-state index in [4.69, 9.17) is 4.74 Å². The van der Waals surface area contributed by atoms with Crippen molar-refractivity contribution in [1.82, 2.24) is 0 Å². The maximum atomic E-state index is 10.7. The maximum Gasteiger partial charge on any atom is 1.00 e. The number of unbranched alkanes of at least 4 members (excludes halogenated alkanes) is 9. The second-order valence-electron chi connectivity index (χ2n) is 5.74. The summed E-state index contributed by atoms with van der Waals surface area (Å²) in [5.74, 6) is 0.741. The van der Waals surface area contributed by atoms with Crippen LogP contribution in [0.5, 0.6) is 5.75 Å². The van der Waals surface area contributed by atoms with Gasteiger partial charge in [0.2, 0.25) is 0 Å². The number of benzene rings is 1. The van der Waals surface area contributed by atoms with Gasteiger partial charge in [-0.2, -0.15) is 0 Å². The summed E-state index contributed by atoms with van der Waals surface area (Å²) in [6, 6.07) is 6.55. The molecule has 23 heavy (non-hydrogen) atoms. The molecule has 0 fully saturated rings. The molecule has 1 aromatic rings. The van der Waals surface area contributed by atoms with Crippen molar-refractivity contribution in [2.75, 3.05) is 6.61 Å². The molecule has 1 rings (SSSR count). The van der Waals surface area contributed by atoms with Crippen LogP contribution in [0.4, 0.5) is 0 Å². The summed E-state index contributed by atoms with van der Waals surface area (Å²) in [5.41, 5.74) is 0. The van der Waals surface area contributed by atoms with E-state index >= 15 is 0 Å². The number of hydrogen-bond acceptors (Lipinski definition) is 3.